The molecule has 1 aromatic rings. The van der Waals surface area contributed by atoms with Gasteiger partial charge in [0.1, 0.15) is 5.75 Å². The lowest BCUT2D eigenvalue weighted by molar-refractivity contribution is 0.126. The maximum atomic E-state index is 11.8. The van der Waals surface area contributed by atoms with Gasteiger partial charge in [-0.05, 0) is 30.5 Å². The first-order valence-corrected chi connectivity index (χ1v) is 7.21. The molecule has 3 N–H and O–H groups in total. The molecule has 0 aromatic heterocycles. The summed E-state index contributed by atoms with van der Waals surface area (Å²) in [5.41, 5.74) is 1.50. The molecule has 0 heterocycles. The number of halogens is 1. The van der Waals surface area contributed by atoms with Crippen LogP contribution in [0.1, 0.15) is 19.4 Å². The first-order chi connectivity index (χ1) is 9.35. The molecule has 0 spiro atoms. The van der Waals surface area contributed by atoms with E-state index in [1.54, 1.807) is 13.2 Å². The number of ether oxygens (including phenoxy) is 1. The number of hydrogen-bond donors (Lipinski definition) is 3. The van der Waals surface area contributed by atoms with E-state index in [4.69, 9.17) is 4.74 Å². The van der Waals surface area contributed by atoms with Gasteiger partial charge in [-0.15, -0.1) is 0 Å². The van der Waals surface area contributed by atoms with E-state index in [1.807, 2.05) is 26.8 Å². The Morgan fingerprint density at radius 3 is 2.65 bits per heavy atom. The SMILES string of the molecule is COc1cc(Br)cc(C)c1NC(=O)NC[C@H](O)C(C)C. The molecule has 0 fully saturated rings. The molecule has 0 aliphatic carbocycles. The summed E-state index contributed by atoms with van der Waals surface area (Å²) < 4.78 is 6.13. The standard InChI is InChI=1S/C14H21BrN2O3/c1-8(2)11(18)7-16-14(19)17-13-9(3)5-10(15)6-12(13)20-4/h5-6,8,11,18H,7H2,1-4H3,(H2,16,17,19)/t11-/m0/s1. The molecule has 20 heavy (non-hydrogen) atoms. The molecular weight excluding hydrogens is 324 g/mol. The van der Waals surface area contributed by atoms with Crippen molar-refractivity contribution in [1.29, 1.82) is 0 Å². The molecule has 0 aliphatic rings. The largest absolute Gasteiger partial charge is 0.495 e. The molecule has 1 atom stereocenters. The lowest BCUT2D eigenvalue weighted by Gasteiger charge is -2.17. The average Bonchev–Trinajstić information content (AvgIpc) is 2.38. The second-order valence-electron chi connectivity index (χ2n) is 4.95. The molecule has 6 heteroatoms. The average molecular weight is 345 g/mol. The monoisotopic (exact) mass is 344 g/mol. The van der Waals surface area contributed by atoms with Gasteiger partial charge in [0.05, 0.1) is 18.9 Å². The van der Waals surface area contributed by atoms with Crippen LogP contribution in [0.5, 0.6) is 5.75 Å². The molecule has 1 rings (SSSR count). The highest BCUT2D eigenvalue weighted by Crippen LogP contribution is 2.31. The van der Waals surface area contributed by atoms with Crippen molar-refractivity contribution in [1.82, 2.24) is 5.32 Å². The summed E-state index contributed by atoms with van der Waals surface area (Å²) in [5, 5.41) is 15.0. The van der Waals surface area contributed by atoms with Gasteiger partial charge < -0.3 is 20.5 Å². The zero-order valence-electron chi connectivity index (χ0n) is 12.2. The molecule has 0 saturated carbocycles. The van der Waals surface area contributed by atoms with Gasteiger partial charge in [0.25, 0.3) is 0 Å². The first-order valence-electron chi connectivity index (χ1n) is 6.42. The summed E-state index contributed by atoms with van der Waals surface area (Å²) in [6.07, 6.45) is -0.561. The minimum atomic E-state index is -0.561. The molecule has 0 saturated heterocycles. The number of urea groups is 1. The van der Waals surface area contributed by atoms with Crippen LogP contribution in [0.2, 0.25) is 0 Å². The molecule has 1 aromatic carbocycles. The molecule has 0 aliphatic heterocycles. The normalized spacial score (nSPS) is 12.2. The van der Waals surface area contributed by atoms with E-state index in [2.05, 4.69) is 26.6 Å². The van der Waals surface area contributed by atoms with Gasteiger partial charge in [-0.2, -0.15) is 0 Å². The van der Waals surface area contributed by atoms with Gasteiger partial charge in [0, 0.05) is 11.0 Å². The molecule has 0 bridgehead atoms. The topological polar surface area (TPSA) is 70.6 Å². The van der Waals surface area contributed by atoms with Crippen LogP contribution in [0.25, 0.3) is 0 Å². The van der Waals surface area contributed by atoms with Gasteiger partial charge in [-0.1, -0.05) is 29.8 Å². The van der Waals surface area contributed by atoms with E-state index in [0.717, 1.165) is 10.0 Å². The highest BCUT2D eigenvalue weighted by Gasteiger charge is 2.14. The number of aliphatic hydroxyl groups excluding tert-OH is 1. The molecule has 5 nitrogen and oxygen atoms in total. The van der Waals surface area contributed by atoms with Gasteiger partial charge in [0.15, 0.2) is 0 Å². The lowest BCUT2D eigenvalue weighted by atomic mass is 10.1. The smallest absolute Gasteiger partial charge is 0.319 e. The molecule has 112 valence electrons. The van der Waals surface area contributed by atoms with Gasteiger partial charge in [-0.25, -0.2) is 4.79 Å². The van der Waals surface area contributed by atoms with Crippen LogP contribution in [-0.2, 0) is 0 Å². The van der Waals surface area contributed by atoms with Gasteiger partial charge in [0.2, 0.25) is 0 Å². The fourth-order valence-electron chi connectivity index (χ4n) is 1.62. The zero-order chi connectivity index (χ0) is 15.3. The van der Waals surface area contributed by atoms with Crippen LogP contribution in [0, 0.1) is 12.8 Å². The number of rotatable bonds is 5. The predicted molar refractivity (Wildman–Crippen MR) is 83.3 cm³/mol. The van der Waals surface area contributed by atoms with Crippen LogP contribution in [-0.4, -0.2) is 30.9 Å². The van der Waals surface area contributed by atoms with E-state index in [0.29, 0.717) is 11.4 Å². The number of hydrogen-bond acceptors (Lipinski definition) is 3. The highest BCUT2D eigenvalue weighted by molar-refractivity contribution is 9.10. The van der Waals surface area contributed by atoms with Crippen LogP contribution in [0.4, 0.5) is 10.5 Å². The summed E-state index contributed by atoms with van der Waals surface area (Å²) in [6.45, 7) is 5.88. The zero-order valence-corrected chi connectivity index (χ0v) is 13.7. The highest BCUT2D eigenvalue weighted by atomic mass is 79.9. The van der Waals surface area contributed by atoms with Crippen LogP contribution in [0.15, 0.2) is 16.6 Å². The first kappa shape index (κ1) is 16.8. The van der Waals surface area contributed by atoms with Crippen molar-refractivity contribution in [2.75, 3.05) is 19.0 Å². The van der Waals surface area contributed by atoms with E-state index in [1.165, 1.54) is 0 Å². The lowest BCUT2D eigenvalue weighted by Crippen LogP contribution is -2.37. The molecular formula is C14H21BrN2O3. The maximum Gasteiger partial charge on any atom is 0.319 e. The van der Waals surface area contributed by atoms with Gasteiger partial charge >= 0.3 is 6.03 Å². The number of aryl methyl sites for hydroxylation is 1. The van der Waals surface area contributed by atoms with Crippen molar-refractivity contribution >= 4 is 27.6 Å². The van der Waals surface area contributed by atoms with E-state index >= 15 is 0 Å². The minimum Gasteiger partial charge on any atom is -0.495 e. The summed E-state index contributed by atoms with van der Waals surface area (Å²) in [5.74, 6) is 0.677. The van der Waals surface area contributed by atoms with Crippen molar-refractivity contribution in [3.8, 4) is 5.75 Å². The van der Waals surface area contributed by atoms with Crippen molar-refractivity contribution < 1.29 is 14.6 Å². The Morgan fingerprint density at radius 1 is 1.45 bits per heavy atom. The Bertz CT molecular complexity index is 478. The second kappa shape index (κ2) is 7.50. The summed E-state index contributed by atoms with van der Waals surface area (Å²) >= 11 is 3.38. The second-order valence-corrected chi connectivity index (χ2v) is 5.86. The summed E-state index contributed by atoms with van der Waals surface area (Å²) in [7, 11) is 1.55. The van der Waals surface area contributed by atoms with Crippen LogP contribution in [0.3, 0.4) is 0 Å². The Kier molecular flexibility index (Phi) is 6.29. The quantitative estimate of drug-likeness (QED) is 0.769. The Labute approximate surface area is 127 Å². The van der Waals surface area contributed by atoms with Gasteiger partial charge in [-0.3, -0.25) is 0 Å². The Balaban J connectivity index is 2.71. The van der Waals surface area contributed by atoms with E-state index in [-0.39, 0.29) is 18.5 Å². The van der Waals surface area contributed by atoms with Crippen molar-refractivity contribution in [3.63, 3.8) is 0 Å². The number of methoxy groups -OCH3 is 1. The van der Waals surface area contributed by atoms with E-state index < -0.39 is 6.10 Å². The summed E-state index contributed by atoms with van der Waals surface area (Å²) in [4.78, 5) is 11.8. The number of nitrogens with one attached hydrogen (secondary N) is 2. The van der Waals surface area contributed by atoms with Crippen molar-refractivity contribution in [2.24, 2.45) is 5.92 Å². The molecule has 2 amide bonds. The third-order valence-corrected chi connectivity index (χ3v) is 3.42. The van der Waals surface area contributed by atoms with Crippen molar-refractivity contribution in [2.45, 2.75) is 26.9 Å². The fraction of sp³-hybridized carbons (Fsp3) is 0.500. The summed E-state index contributed by atoms with van der Waals surface area (Å²) in [6, 6.07) is 3.31. The Hall–Kier alpha value is -1.27. The maximum absolute atomic E-state index is 11.8. The van der Waals surface area contributed by atoms with E-state index in [9.17, 15) is 9.90 Å². The van der Waals surface area contributed by atoms with Crippen LogP contribution >= 0.6 is 15.9 Å². The van der Waals surface area contributed by atoms with Crippen molar-refractivity contribution in [3.05, 3.63) is 22.2 Å². The minimum absolute atomic E-state index is 0.0965. The fourth-order valence-corrected chi connectivity index (χ4v) is 2.18. The number of anilines is 1. The molecule has 0 unspecified atom stereocenters. The Morgan fingerprint density at radius 2 is 2.10 bits per heavy atom. The molecule has 0 radical (unpaired) electrons. The number of aliphatic hydroxyl groups is 1. The third-order valence-electron chi connectivity index (χ3n) is 2.96. The number of carbonyl (C=O) groups excluding carboxylic acids is 1. The predicted octanol–water partition coefficient (Wildman–Crippen LogP) is 2.90. The number of amides is 2. The third kappa shape index (κ3) is 4.68. The number of benzene rings is 1. The number of carbonyl (C=O) groups is 1. The van der Waals surface area contributed by atoms with Crippen LogP contribution < -0.4 is 15.4 Å².